The summed E-state index contributed by atoms with van der Waals surface area (Å²) in [5.74, 6) is 0. The van der Waals surface area contributed by atoms with Crippen LogP contribution in [0.5, 0.6) is 0 Å². The third kappa shape index (κ3) is 2.08. The number of fused-ring (bicyclic) bond motifs is 1. The van der Waals surface area contributed by atoms with Crippen LogP contribution < -0.4 is 0 Å². The number of aromatic amines is 1. The molecule has 1 aliphatic rings. The van der Waals surface area contributed by atoms with Gasteiger partial charge in [-0.25, -0.2) is 0 Å². The van der Waals surface area contributed by atoms with Gasteiger partial charge in [0.1, 0.15) is 6.07 Å². The lowest BCUT2D eigenvalue weighted by Gasteiger charge is -2.24. The predicted octanol–water partition coefficient (Wildman–Crippen LogP) is 4.15. The van der Waals surface area contributed by atoms with Crippen molar-refractivity contribution in [3.05, 3.63) is 28.5 Å². The zero-order valence-corrected chi connectivity index (χ0v) is 11.9. The van der Waals surface area contributed by atoms with Gasteiger partial charge in [-0.05, 0) is 42.6 Å². The molecule has 0 amide bonds. The summed E-state index contributed by atoms with van der Waals surface area (Å²) < 4.78 is 2.89. The lowest BCUT2D eigenvalue weighted by atomic mass is 9.89. The fraction of sp³-hybridized carbons (Fsp3) is 0.467. The first-order valence-corrected chi connectivity index (χ1v) is 7.15. The van der Waals surface area contributed by atoms with Crippen LogP contribution in [0.3, 0.4) is 0 Å². The maximum atomic E-state index is 9.16. The minimum atomic E-state index is 0.343. The monoisotopic (exact) mass is 271 g/mol. The van der Waals surface area contributed by atoms with E-state index in [-0.39, 0.29) is 0 Å². The summed E-state index contributed by atoms with van der Waals surface area (Å²) in [6.07, 6.45) is 5.16. The number of rotatable bonds is 2. The van der Waals surface area contributed by atoms with Crippen LogP contribution in [-0.4, -0.2) is 9.55 Å². The molecule has 4 heteroatoms. The minimum absolute atomic E-state index is 0.343. The van der Waals surface area contributed by atoms with Gasteiger partial charge in [0.15, 0.2) is 4.77 Å². The normalized spacial score (nSPS) is 17.7. The third-order valence-corrected chi connectivity index (χ3v) is 4.60. The number of H-pyrrole nitrogens is 1. The molecule has 0 unspecified atom stereocenters. The summed E-state index contributed by atoms with van der Waals surface area (Å²) in [4.78, 5) is 3.19. The van der Waals surface area contributed by atoms with Gasteiger partial charge in [-0.1, -0.05) is 25.8 Å². The standard InChI is InChI=1S/C15H17N3S/c1-15(7-2-3-8-15)10-18-12-6-4-5-11(9-16)13(12)17-14(18)19/h4-6H,2-3,7-8,10H2,1H3,(H,17,19). The first-order valence-electron chi connectivity index (χ1n) is 6.75. The highest BCUT2D eigenvalue weighted by molar-refractivity contribution is 7.71. The Morgan fingerprint density at radius 3 is 2.84 bits per heavy atom. The van der Waals surface area contributed by atoms with Gasteiger partial charge in [0.05, 0.1) is 16.6 Å². The van der Waals surface area contributed by atoms with Crippen LogP contribution in [0.15, 0.2) is 18.2 Å². The van der Waals surface area contributed by atoms with Gasteiger partial charge in [0.2, 0.25) is 0 Å². The molecule has 1 saturated carbocycles. The SMILES string of the molecule is CC1(Cn2c(=S)[nH]c3c(C#N)cccc32)CCCC1. The number of hydrogen-bond acceptors (Lipinski definition) is 2. The topological polar surface area (TPSA) is 44.5 Å². The van der Waals surface area contributed by atoms with Crippen molar-refractivity contribution in [1.29, 1.82) is 5.26 Å². The Morgan fingerprint density at radius 2 is 2.16 bits per heavy atom. The molecular weight excluding hydrogens is 254 g/mol. The number of aromatic nitrogens is 2. The van der Waals surface area contributed by atoms with Crippen molar-refractivity contribution in [1.82, 2.24) is 9.55 Å². The van der Waals surface area contributed by atoms with Crippen molar-refractivity contribution < 1.29 is 0 Å². The zero-order chi connectivity index (χ0) is 13.5. The third-order valence-electron chi connectivity index (χ3n) is 4.28. The van der Waals surface area contributed by atoms with Gasteiger partial charge in [-0.2, -0.15) is 5.26 Å². The first kappa shape index (κ1) is 12.4. The second kappa shape index (κ2) is 4.50. The fourth-order valence-electron chi connectivity index (χ4n) is 3.20. The van der Waals surface area contributed by atoms with Crippen LogP contribution in [0, 0.1) is 21.5 Å². The molecule has 3 rings (SSSR count). The molecule has 1 aliphatic carbocycles. The van der Waals surface area contributed by atoms with Gasteiger partial charge in [-0.3, -0.25) is 0 Å². The van der Waals surface area contributed by atoms with Gasteiger partial charge in [0, 0.05) is 6.54 Å². The highest BCUT2D eigenvalue weighted by atomic mass is 32.1. The van der Waals surface area contributed by atoms with Crippen LogP contribution in [-0.2, 0) is 6.54 Å². The van der Waals surface area contributed by atoms with Crippen molar-refractivity contribution in [2.75, 3.05) is 0 Å². The molecule has 0 atom stereocenters. The highest BCUT2D eigenvalue weighted by Gasteiger charge is 2.29. The summed E-state index contributed by atoms with van der Waals surface area (Å²) in [5.41, 5.74) is 2.93. The van der Waals surface area contributed by atoms with Gasteiger partial charge in [-0.15, -0.1) is 0 Å². The van der Waals surface area contributed by atoms with E-state index in [1.54, 1.807) is 0 Å². The molecule has 0 spiro atoms. The number of imidazole rings is 1. The smallest absolute Gasteiger partial charge is 0.178 e. The molecular formula is C15H17N3S. The average Bonchev–Trinajstić information content (AvgIpc) is 2.95. The van der Waals surface area contributed by atoms with Crippen LogP contribution in [0.2, 0.25) is 0 Å². The molecule has 0 radical (unpaired) electrons. The van der Waals surface area contributed by atoms with Crippen molar-refractivity contribution in [3.63, 3.8) is 0 Å². The molecule has 1 heterocycles. The molecule has 1 N–H and O–H groups in total. The highest BCUT2D eigenvalue weighted by Crippen LogP contribution is 2.39. The maximum Gasteiger partial charge on any atom is 0.178 e. The van der Waals surface area contributed by atoms with Crippen molar-refractivity contribution in [3.8, 4) is 6.07 Å². The summed E-state index contributed by atoms with van der Waals surface area (Å²) in [6.45, 7) is 3.29. The Morgan fingerprint density at radius 1 is 1.42 bits per heavy atom. The quantitative estimate of drug-likeness (QED) is 0.834. The number of nitriles is 1. The second-order valence-corrected chi connectivity index (χ2v) is 6.23. The van der Waals surface area contributed by atoms with Crippen molar-refractivity contribution >= 4 is 23.3 Å². The van der Waals surface area contributed by atoms with Crippen LogP contribution in [0.1, 0.15) is 38.2 Å². The number of nitrogens with zero attached hydrogens (tertiary/aromatic N) is 2. The molecule has 0 aliphatic heterocycles. The van der Waals surface area contributed by atoms with E-state index in [9.17, 15) is 0 Å². The first-order chi connectivity index (χ1) is 9.13. The molecule has 0 bridgehead atoms. The van der Waals surface area contributed by atoms with Gasteiger partial charge in [0.25, 0.3) is 0 Å². The van der Waals surface area contributed by atoms with Crippen molar-refractivity contribution in [2.24, 2.45) is 5.41 Å². The molecule has 19 heavy (non-hydrogen) atoms. The van der Waals surface area contributed by atoms with Crippen LogP contribution in [0.25, 0.3) is 11.0 Å². The molecule has 3 nitrogen and oxygen atoms in total. The summed E-state index contributed by atoms with van der Waals surface area (Å²) >= 11 is 5.44. The summed E-state index contributed by atoms with van der Waals surface area (Å²) in [5, 5.41) is 9.16. The van der Waals surface area contributed by atoms with Crippen LogP contribution in [0.4, 0.5) is 0 Å². The second-order valence-electron chi connectivity index (χ2n) is 5.85. The van der Waals surface area contributed by atoms with E-state index in [4.69, 9.17) is 17.5 Å². The van der Waals surface area contributed by atoms with E-state index < -0.39 is 0 Å². The van der Waals surface area contributed by atoms with E-state index in [1.807, 2.05) is 18.2 Å². The molecule has 0 saturated heterocycles. The van der Waals surface area contributed by atoms with Gasteiger partial charge >= 0.3 is 0 Å². The Labute approximate surface area is 117 Å². The lowest BCUT2D eigenvalue weighted by Crippen LogP contribution is -2.19. The Balaban J connectivity index is 2.12. The van der Waals surface area contributed by atoms with E-state index in [0.29, 0.717) is 11.0 Å². The predicted molar refractivity (Wildman–Crippen MR) is 78.4 cm³/mol. The van der Waals surface area contributed by atoms with E-state index in [2.05, 4.69) is 22.5 Å². The van der Waals surface area contributed by atoms with Gasteiger partial charge < -0.3 is 9.55 Å². The minimum Gasteiger partial charge on any atom is -0.329 e. The molecule has 98 valence electrons. The van der Waals surface area contributed by atoms with E-state index in [0.717, 1.165) is 22.3 Å². The molecule has 2 aromatic rings. The average molecular weight is 271 g/mol. The lowest BCUT2D eigenvalue weighted by molar-refractivity contribution is 0.284. The Kier molecular flexibility index (Phi) is 2.94. The maximum absolute atomic E-state index is 9.16. The molecule has 1 aromatic carbocycles. The largest absolute Gasteiger partial charge is 0.329 e. The number of nitrogens with one attached hydrogen (secondary N) is 1. The number of para-hydroxylation sites is 1. The van der Waals surface area contributed by atoms with Crippen molar-refractivity contribution in [2.45, 2.75) is 39.2 Å². The zero-order valence-electron chi connectivity index (χ0n) is 11.1. The van der Waals surface area contributed by atoms with E-state index in [1.165, 1.54) is 25.7 Å². The summed E-state index contributed by atoms with van der Waals surface area (Å²) in [7, 11) is 0. The number of hydrogen-bond donors (Lipinski definition) is 1. The number of benzene rings is 1. The summed E-state index contributed by atoms with van der Waals surface area (Å²) in [6, 6.07) is 8.02. The Hall–Kier alpha value is -1.60. The fourth-order valence-corrected chi connectivity index (χ4v) is 3.46. The van der Waals surface area contributed by atoms with Crippen LogP contribution >= 0.6 is 12.2 Å². The Bertz CT molecular complexity index is 711. The van der Waals surface area contributed by atoms with E-state index >= 15 is 0 Å². The molecule has 1 aromatic heterocycles. The molecule has 1 fully saturated rings.